The Hall–Kier alpha value is -0.820. The lowest BCUT2D eigenvalue weighted by Gasteiger charge is -2.16. The second kappa shape index (κ2) is 6.52. The minimum atomic E-state index is -5.60. The molecule has 0 N–H and O–H groups in total. The van der Waals surface area contributed by atoms with E-state index in [2.05, 4.69) is 0 Å². The van der Waals surface area contributed by atoms with Gasteiger partial charge in [-0.15, -0.1) is 11.6 Å². The van der Waals surface area contributed by atoms with Gasteiger partial charge in [-0.1, -0.05) is 19.9 Å². The monoisotopic (exact) mass is 346 g/mol. The van der Waals surface area contributed by atoms with E-state index in [-0.39, 0.29) is 17.9 Å². The number of alkyl halides is 4. The van der Waals surface area contributed by atoms with E-state index in [0.29, 0.717) is 12.5 Å². The van der Waals surface area contributed by atoms with Crippen molar-refractivity contribution >= 4 is 21.4 Å². The van der Waals surface area contributed by atoms with E-state index in [4.69, 9.17) is 11.6 Å². The lowest BCUT2D eigenvalue weighted by molar-refractivity contribution is -0.0436. The van der Waals surface area contributed by atoms with E-state index >= 15 is 0 Å². The van der Waals surface area contributed by atoms with Crippen LogP contribution in [-0.2, 0) is 16.3 Å². The molecule has 1 rings (SSSR count). The summed E-state index contributed by atoms with van der Waals surface area (Å²) in [7, 11) is -5.60. The van der Waals surface area contributed by atoms with Gasteiger partial charge in [-0.05, 0) is 36.5 Å². The Balaban J connectivity index is 3.24. The number of hydrogen-bond donors (Lipinski definition) is 0. The first-order chi connectivity index (χ1) is 9.45. The minimum Gasteiger partial charge on any atom is -0.214 e. The minimum absolute atomic E-state index is 0.0787. The SMILES string of the molecule is CC(C)CC(Cl)Cc1ccc(F)cc1S(=O)(=O)C(F)(F)F. The van der Waals surface area contributed by atoms with Crippen LogP contribution in [0.15, 0.2) is 23.1 Å². The molecule has 2 nitrogen and oxygen atoms in total. The first-order valence-corrected chi connectivity index (χ1v) is 8.11. The maximum absolute atomic E-state index is 13.1. The molecule has 1 aromatic carbocycles. The van der Waals surface area contributed by atoms with Crippen molar-refractivity contribution in [3.8, 4) is 0 Å². The zero-order chi connectivity index (χ0) is 16.4. The molecule has 0 aromatic heterocycles. The average molecular weight is 347 g/mol. The van der Waals surface area contributed by atoms with Crippen molar-refractivity contribution in [2.24, 2.45) is 5.92 Å². The van der Waals surface area contributed by atoms with Crippen LogP contribution in [0.3, 0.4) is 0 Å². The lowest BCUT2D eigenvalue weighted by Crippen LogP contribution is -2.25. The second-order valence-electron chi connectivity index (χ2n) is 5.13. The van der Waals surface area contributed by atoms with Gasteiger partial charge in [-0.3, -0.25) is 0 Å². The van der Waals surface area contributed by atoms with Crippen molar-refractivity contribution in [3.63, 3.8) is 0 Å². The predicted octanol–water partition coefficient (Wildman–Crippen LogP) is 4.32. The second-order valence-corrected chi connectivity index (χ2v) is 7.66. The number of benzene rings is 1. The smallest absolute Gasteiger partial charge is 0.214 e. The highest BCUT2D eigenvalue weighted by atomic mass is 35.5. The summed E-state index contributed by atoms with van der Waals surface area (Å²) in [6.45, 7) is 3.76. The van der Waals surface area contributed by atoms with Crippen molar-refractivity contribution in [1.29, 1.82) is 0 Å². The summed E-state index contributed by atoms with van der Waals surface area (Å²) >= 11 is 6.02. The van der Waals surface area contributed by atoms with Crippen LogP contribution >= 0.6 is 11.6 Å². The van der Waals surface area contributed by atoms with E-state index in [1.165, 1.54) is 0 Å². The Morgan fingerprint density at radius 1 is 1.24 bits per heavy atom. The third-order valence-electron chi connectivity index (χ3n) is 2.79. The van der Waals surface area contributed by atoms with Crippen molar-refractivity contribution in [2.45, 2.75) is 42.5 Å². The first-order valence-electron chi connectivity index (χ1n) is 6.19. The fraction of sp³-hybridized carbons (Fsp3) is 0.538. The fourth-order valence-electron chi connectivity index (χ4n) is 1.91. The molecule has 0 fully saturated rings. The van der Waals surface area contributed by atoms with Crippen LogP contribution in [0, 0.1) is 11.7 Å². The quantitative estimate of drug-likeness (QED) is 0.588. The highest BCUT2D eigenvalue weighted by Gasteiger charge is 2.48. The van der Waals surface area contributed by atoms with Crippen molar-refractivity contribution in [1.82, 2.24) is 0 Å². The van der Waals surface area contributed by atoms with Gasteiger partial charge in [-0.25, -0.2) is 12.8 Å². The molecule has 1 aromatic rings. The predicted molar refractivity (Wildman–Crippen MR) is 72.4 cm³/mol. The van der Waals surface area contributed by atoms with E-state index in [1.54, 1.807) is 0 Å². The zero-order valence-electron chi connectivity index (χ0n) is 11.4. The Morgan fingerprint density at radius 3 is 2.29 bits per heavy atom. The maximum atomic E-state index is 13.1. The molecule has 0 aliphatic heterocycles. The summed E-state index contributed by atoms with van der Waals surface area (Å²) < 4.78 is 74.0. The highest BCUT2D eigenvalue weighted by Crippen LogP contribution is 2.33. The molecule has 1 atom stereocenters. The number of rotatable bonds is 5. The van der Waals surface area contributed by atoms with Crippen LogP contribution in [0.25, 0.3) is 0 Å². The van der Waals surface area contributed by atoms with Gasteiger partial charge in [0.05, 0.1) is 4.90 Å². The molecule has 0 amide bonds. The molecule has 0 bridgehead atoms. The molecule has 0 saturated carbocycles. The van der Waals surface area contributed by atoms with Gasteiger partial charge in [-0.2, -0.15) is 13.2 Å². The first kappa shape index (κ1) is 18.2. The van der Waals surface area contributed by atoms with Crippen LogP contribution in [0.1, 0.15) is 25.8 Å². The van der Waals surface area contributed by atoms with E-state index in [9.17, 15) is 26.0 Å². The Labute approximate surface area is 126 Å². The summed E-state index contributed by atoms with van der Waals surface area (Å²) in [6.07, 6.45) is 0.426. The van der Waals surface area contributed by atoms with Crippen LogP contribution < -0.4 is 0 Å². The van der Waals surface area contributed by atoms with Crippen molar-refractivity contribution in [3.05, 3.63) is 29.6 Å². The van der Waals surface area contributed by atoms with Crippen LogP contribution in [0.4, 0.5) is 17.6 Å². The molecule has 0 radical (unpaired) electrons. The van der Waals surface area contributed by atoms with Gasteiger partial charge in [0.15, 0.2) is 0 Å². The summed E-state index contributed by atoms with van der Waals surface area (Å²) in [6, 6.07) is 2.34. The Kier molecular flexibility index (Phi) is 5.66. The van der Waals surface area contributed by atoms with Gasteiger partial charge in [0, 0.05) is 5.38 Å². The van der Waals surface area contributed by atoms with Gasteiger partial charge in [0.2, 0.25) is 0 Å². The number of halogens is 5. The zero-order valence-corrected chi connectivity index (χ0v) is 13.0. The molecular weight excluding hydrogens is 332 g/mol. The molecule has 0 aliphatic rings. The summed E-state index contributed by atoms with van der Waals surface area (Å²) in [5, 5.41) is -0.530. The molecule has 0 heterocycles. The van der Waals surface area contributed by atoms with E-state index < -0.39 is 31.4 Å². The van der Waals surface area contributed by atoms with Gasteiger partial charge in [0.25, 0.3) is 9.84 Å². The highest BCUT2D eigenvalue weighted by molar-refractivity contribution is 7.92. The number of sulfone groups is 1. The van der Waals surface area contributed by atoms with E-state index in [1.807, 2.05) is 13.8 Å². The van der Waals surface area contributed by atoms with Crippen LogP contribution in [0.5, 0.6) is 0 Å². The standard InChI is InChI=1S/C13H15ClF4O2S/c1-8(2)5-10(14)6-9-3-4-11(15)7-12(9)21(19,20)13(16,17)18/h3-4,7-8,10H,5-6H2,1-2H3. The largest absolute Gasteiger partial charge is 0.501 e. The average Bonchev–Trinajstić information content (AvgIpc) is 2.28. The van der Waals surface area contributed by atoms with Gasteiger partial charge < -0.3 is 0 Å². The molecule has 0 spiro atoms. The molecule has 21 heavy (non-hydrogen) atoms. The Morgan fingerprint density at radius 2 is 1.81 bits per heavy atom. The fourth-order valence-corrected chi connectivity index (χ4v) is 3.44. The third kappa shape index (κ3) is 4.57. The van der Waals surface area contributed by atoms with Gasteiger partial charge in [0.1, 0.15) is 5.82 Å². The molecule has 8 heteroatoms. The lowest BCUT2D eigenvalue weighted by atomic mass is 10.0. The topological polar surface area (TPSA) is 34.1 Å². The molecule has 0 saturated heterocycles. The third-order valence-corrected chi connectivity index (χ3v) is 4.69. The van der Waals surface area contributed by atoms with Crippen LogP contribution in [0.2, 0.25) is 0 Å². The van der Waals surface area contributed by atoms with Crippen molar-refractivity contribution < 1.29 is 26.0 Å². The maximum Gasteiger partial charge on any atom is 0.501 e. The molecular formula is C13H15ClF4O2S. The summed E-state index contributed by atoms with van der Waals surface area (Å²) in [4.78, 5) is -1.07. The number of hydrogen-bond acceptors (Lipinski definition) is 2. The van der Waals surface area contributed by atoms with E-state index in [0.717, 1.165) is 12.1 Å². The Bertz CT molecular complexity index is 597. The van der Waals surface area contributed by atoms with Gasteiger partial charge >= 0.3 is 5.51 Å². The molecule has 0 aliphatic carbocycles. The van der Waals surface area contributed by atoms with Crippen LogP contribution in [-0.4, -0.2) is 19.3 Å². The summed E-state index contributed by atoms with van der Waals surface area (Å²) in [5.74, 6) is -0.841. The summed E-state index contributed by atoms with van der Waals surface area (Å²) in [5.41, 5.74) is -5.61. The normalized spacial score (nSPS) is 14.5. The van der Waals surface area contributed by atoms with Crippen molar-refractivity contribution in [2.75, 3.05) is 0 Å². The molecule has 1 unspecified atom stereocenters. The molecule has 120 valence electrons.